The van der Waals surface area contributed by atoms with Crippen molar-refractivity contribution in [3.8, 4) is 5.75 Å². The molecule has 0 saturated heterocycles. The number of thiophene rings is 1. The summed E-state index contributed by atoms with van der Waals surface area (Å²) >= 11 is 1.48. The van der Waals surface area contributed by atoms with Crippen LogP contribution in [0.25, 0.3) is 10.2 Å². The van der Waals surface area contributed by atoms with Crippen molar-refractivity contribution in [3.05, 3.63) is 49.1 Å². The van der Waals surface area contributed by atoms with Crippen molar-refractivity contribution < 1.29 is 14.5 Å². The number of aryl methyl sites for hydroxylation is 1. The summed E-state index contributed by atoms with van der Waals surface area (Å²) in [4.78, 5) is 37.8. The normalized spacial score (nSPS) is 15.6. The second-order valence-electron chi connectivity index (χ2n) is 7.27. The van der Waals surface area contributed by atoms with E-state index >= 15 is 0 Å². The van der Waals surface area contributed by atoms with Crippen molar-refractivity contribution in [1.29, 1.82) is 0 Å². The van der Waals surface area contributed by atoms with Gasteiger partial charge in [0.25, 0.3) is 11.2 Å². The number of anilines is 1. The van der Waals surface area contributed by atoms with Gasteiger partial charge >= 0.3 is 0 Å². The molecule has 2 heterocycles. The highest BCUT2D eigenvalue weighted by Gasteiger charge is 2.24. The molecule has 11 heteroatoms. The summed E-state index contributed by atoms with van der Waals surface area (Å²) in [6.07, 6.45) is 2.72. The number of hydrogen-bond acceptors (Lipinski definition) is 8. The van der Waals surface area contributed by atoms with E-state index in [1.807, 2.05) is 0 Å². The lowest BCUT2D eigenvalue weighted by Gasteiger charge is -2.17. The highest BCUT2D eigenvalue weighted by molar-refractivity contribution is 7.18. The first-order chi connectivity index (χ1) is 14.4. The van der Waals surface area contributed by atoms with Crippen LogP contribution in [0, 0.1) is 16.0 Å². The second-order valence-corrected chi connectivity index (χ2v) is 8.36. The van der Waals surface area contributed by atoms with Gasteiger partial charge in [-0.2, -0.15) is 0 Å². The third kappa shape index (κ3) is 3.63. The largest absolute Gasteiger partial charge is 0.496 e. The van der Waals surface area contributed by atoms with E-state index in [1.165, 1.54) is 36.6 Å². The van der Waals surface area contributed by atoms with Gasteiger partial charge in [0, 0.05) is 4.88 Å². The minimum Gasteiger partial charge on any atom is -0.496 e. The van der Waals surface area contributed by atoms with Crippen molar-refractivity contribution >= 4 is 38.8 Å². The number of nitro benzene ring substituents is 1. The number of nitrogens with one attached hydrogen (secondary N) is 1. The van der Waals surface area contributed by atoms with Crippen molar-refractivity contribution in [1.82, 2.24) is 15.0 Å². The monoisotopic (exact) mass is 429 g/mol. The molecule has 0 bridgehead atoms. The van der Waals surface area contributed by atoms with Crippen LogP contribution >= 0.6 is 11.3 Å². The summed E-state index contributed by atoms with van der Waals surface area (Å²) < 4.78 is 5.98. The van der Waals surface area contributed by atoms with Crippen molar-refractivity contribution in [2.24, 2.45) is 5.92 Å². The summed E-state index contributed by atoms with van der Waals surface area (Å²) in [6, 6.07) is 4.09. The van der Waals surface area contributed by atoms with Crippen LogP contribution in [0.5, 0.6) is 5.75 Å². The molecule has 0 aliphatic heterocycles. The first-order valence-electron chi connectivity index (χ1n) is 9.37. The van der Waals surface area contributed by atoms with Crippen LogP contribution < -0.4 is 15.6 Å². The SMILES string of the molecule is COc1ccc(NC(=O)Cn2nnc3sc4c(c3c2=O)CCC(C)C4)c([N+](=O)[O-])c1. The van der Waals surface area contributed by atoms with Crippen LogP contribution in [0.4, 0.5) is 11.4 Å². The average molecular weight is 429 g/mol. The highest BCUT2D eigenvalue weighted by Crippen LogP contribution is 2.35. The molecule has 156 valence electrons. The molecule has 2 aromatic heterocycles. The zero-order valence-corrected chi connectivity index (χ0v) is 17.2. The number of rotatable bonds is 5. The second kappa shape index (κ2) is 7.82. The minimum absolute atomic E-state index is 0.00906. The number of benzene rings is 1. The Bertz CT molecular complexity index is 1220. The Morgan fingerprint density at radius 1 is 1.47 bits per heavy atom. The van der Waals surface area contributed by atoms with Gasteiger partial charge in [0.1, 0.15) is 18.0 Å². The van der Waals surface area contributed by atoms with E-state index < -0.39 is 17.4 Å². The van der Waals surface area contributed by atoms with Gasteiger partial charge in [-0.1, -0.05) is 12.1 Å². The Hall–Kier alpha value is -3.34. The number of amides is 1. The minimum atomic E-state index is -0.616. The number of carbonyl (C=O) groups excluding carboxylic acids is 1. The van der Waals surface area contributed by atoms with Crippen LogP contribution in [-0.2, 0) is 24.2 Å². The maximum atomic E-state index is 13.0. The predicted molar refractivity (Wildman–Crippen MR) is 111 cm³/mol. The Balaban J connectivity index is 1.61. The fraction of sp³-hybridized carbons (Fsp3) is 0.368. The lowest BCUT2D eigenvalue weighted by Crippen LogP contribution is -2.30. The van der Waals surface area contributed by atoms with Gasteiger partial charge in [-0.15, -0.1) is 16.4 Å². The van der Waals surface area contributed by atoms with Crippen molar-refractivity contribution in [3.63, 3.8) is 0 Å². The number of hydrogen-bond donors (Lipinski definition) is 1. The topological polar surface area (TPSA) is 129 Å². The summed E-state index contributed by atoms with van der Waals surface area (Å²) in [5, 5.41) is 22.3. The molecule has 0 radical (unpaired) electrons. The molecule has 1 aliphatic rings. The molecule has 0 saturated carbocycles. The van der Waals surface area contributed by atoms with Crippen molar-refractivity contribution in [2.75, 3.05) is 12.4 Å². The zero-order valence-electron chi connectivity index (χ0n) is 16.4. The van der Waals surface area contributed by atoms with E-state index in [4.69, 9.17) is 4.74 Å². The van der Waals surface area contributed by atoms with Crippen LogP contribution in [-0.4, -0.2) is 32.9 Å². The number of ether oxygens (including phenoxy) is 1. The molecule has 0 fully saturated rings. The van der Waals surface area contributed by atoms with E-state index in [0.29, 0.717) is 21.9 Å². The molecule has 0 spiro atoms. The van der Waals surface area contributed by atoms with Gasteiger partial charge in [-0.3, -0.25) is 19.7 Å². The molecule has 3 aromatic rings. The summed E-state index contributed by atoms with van der Waals surface area (Å²) in [6.45, 7) is 1.78. The van der Waals surface area contributed by atoms with Crippen molar-refractivity contribution in [2.45, 2.75) is 32.7 Å². The maximum absolute atomic E-state index is 13.0. The molecule has 1 aromatic carbocycles. The molecule has 1 atom stereocenters. The van der Waals surface area contributed by atoms with E-state index in [2.05, 4.69) is 22.6 Å². The molecular weight excluding hydrogens is 410 g/mol. The third-order valence-corrected chi connectivity index (χ3v) is 6.29. The summed E-state index contributed by atoms with van der Waals surface area (Å²) in [7, 11) is 1.39. The smallest absolute Gasteiger partial charge is 0.296 e. The summed E-state index contributed by atoms with van der Waals surface area (Å²) in [5.74, 6) is 0.243. The predicted octanol–water partition coefficient (Wildman–Crippen LogP) is 2.53. The number of nitro groups is 1. The van der Waals surface area contributed by atoms with Gasteiger partial charge in [0.2, 0.25) is 5.91 Å². The van der Waals surface area contributed by atoms with E-state index in [1.54, 1.807) is 0 Å². The fourth-order valence-electron chi connectivity index (χ4n) is 3.62. The molecule has 1 aliphatic carbocycles. The molecule has 4 rings (SSSR count). The molecule has 1 unspecified atom stereocenters. The molecule has 1 N–H and O–H groups in total. The van der Waals surface area contributed by atoms with Gasteiger partial charge < -0.3 is 10.1 Å². The number of carbonyl (C=O) groups is 1. The fourth-order valence-corrected chi connectivity index (χ4v) is 4.93. The van der Waals surface area contributed by atoms with Gasteiger partial charge in [-0.05, 0) is 42.9 Å². The maximum Gasteiger partial charge on any atom is 0.296 e. The standard InChI is InChI=1S/C19H19N5O5S/c1-10-3-5-12-15(7-10)30-18-17(12)19(26)23(22-21-18)9-16(25)20-13-6-4-11(29-2)8-14(13)24(27)28/h4,6,8,10H,3,5,7,9H2,1-2H3,(H,20,25). The van der Waals surface area contributed by atoms with Crippen LogP contribution in [0.2, 0.25) is 0 Å². The van der Waals surface area contributed by atoms with Crippen LogP contribution in [0.15, 0.2) is 23.0 Å². The Kier molecular flexibility index (Phi) is 5.20. The first kappa shape index (κ1) is 20.0. The van der Waals surface area contributed by atoms with Gasteiger partial charge in [0.15, 0.2) is 4.83 Å². The Morgan fingerprint density at radius 3 is 3.00 bits per heavy atom. The quantitative estimate of drug-likeness (QED) is 0.487. The van der Waals surface area contributed by atoms with Gasteiger partial charge in [-0.25, -0.2) is 4.68 Å². The first-order valence-corrected chi connectivity index (χ1v) is 10.2. The number of aromatic nitrogens is 3. The highest BCUT2D eigenvalue weighted by atomic mass is 32.1. The number of methoxy groups -OCH3 is 1. The Labute approximate surface area is 174 Å². The summed E-state index contributed by atoms with van der Waals surface area (Å²) in [5.41, 5.74) is 0.340. The lowest BCUT2D eigenvalue weighted by molar-refractivity contribution is -0.384. The molecule has 10 nitrogen and oxygen atoms in total. The number of nitrogens with zero attached hydrogens (tertiary/aromatic N) is 4. The van der Waals surface area contributed by atoms with Crippen LogP contribution in [0.3, 0.4) is 0 Å². The Morgan fingerprint density at radius 2 is 2.27 bits per heavy atom. The van der Waals surface area contributed by atoms with E-state index in [0.717, 1.165) is 34.4 Å². The molecular formula is C19H19N5O5S. The molecule has 30 heavy (non-hydrogen) atoms. The molecule has 1 amide bonds. The van der Waals surface area contributed by atoms with Crippen LogP contribution in [0.1, 0.15) is 23.8 Å². The zero-order chi connectivity index (χ0) is 21.4. The van der Waals surface area contributed by atoms with E-state index in [9.17, 15) is 19.7 Å². The van der Waals surface area contributed by atoms with E-state index in [-0.39, 0.29) is 16.9 Å². The lowest BCUT2D eigenvalue weighted by atomic mass is 9.89. The van der Waals surface area contributed by atoms with Gasteiger partial charge in [0.05, 0.1) is 23.5 Å². The average Bonchev–Trinajstić information content (AvgIpc) is 3.08. The third-order valence-electron chi connectivity index (χ3n) is 5.15. The number of fused-ring (bicyclic) bond motifs is 3.